The molecule has 2 amide bonds. The predicted octanol–water partition coefficient (Wildman–Crippen LogP) is 0.736. The minimum absolute atomic E-state index is 0.0403. The molecule has 1 fully saturated rings. The highest BCUT2D eigenvalue weighted by atomic mass is 32.2. The van der Waals surface area contributed by atoms with E-state index in [9.17, 15) is 18.0 Å². The zero-order valence-corrected chi connectivity index (χ0v) is 14.4. The van der Waals surface area contributed by atoms with E-state index in [4.69, 9.17) is 4.74 Å². The van der Waals surface area contributed by atoms with Crippen LogP contribution in [0.5, 0.6) is 5.75 Å². The molecule has 1 aliphatic heterocycles. The SMILES string of the molecule is Cc1ccccc1OCCC(=O)NNC(=O)C[C@@H]1CCS(=O)(=O)C1. The number of rotatable bonds is 6. The third-order valence-corrected chi connectivity index (χ3v) is 5.66. The van der Waals surface area contributed by atoms with Crippen LogP contribution in [-0.2, 0) is 19.4 Å². The molecule has 0 saturated carbocycles. The highest BCUT2D eigenvalue weighted by Crippen LogP contribution is 2.21. The molecule has 0 unspecified atom stereocenters. The molecular formula is C16H22N2O5S. The van der Waals surface area contributed by atoms with Crippen LogP contribution < -0.4 is 15.6 Å². The van der Waals surface area contributed by atoms with E-state index in [1.165, 1.54) is 0 Å². The van der Waals surface area contributed by atoms with Gasteiger partial charge in [-0.3, -0.25) is 20.4 Å². The summed E-state index contributed by atoms with van der Waals surface area (Å²) in [4.78, 5) is 23.4. The van der Waals surface area contributed by atoms with Gasteiger partial charge in [-0.2, -0.15) is 0 Å². The average molecular weight is 354 g/mol. The highest BCUT2D eigenvalue weighted by molar-refractivity contribution is 7.91. The van der Waals surface area contributed by atoms with Crippen LogP contribution in [0, 0.1) is 12.8 Å². The number of hydrogen-bond acceptors (Lipinski definition) is 5. The zero-order chi connectivity index (χ0) is 17.6. The topological polar surface area (TPSA) is 102 Å². The van der Waals surface area contributed by atoms with Crippen molar-refractivity contribution in [2.75, 3.05) is 18.1 Å². The van der Waals surface area contributed by atoms with Crippen molar-refractivity contribution >= 4 is 21.7 Å². The second-order valence-electron chi connectivity index (χ2n) is 5.93. The standard InChI is InChI=1S/C16H22N2O5S/c1-12-4-2-3-5-14(12)23-8-6-15(19)17-18-16(20)10-13-7-9-24(21,22)11-13/h2-5,13H,6-11H2,1H3,(H,17,19)(H,18,20)/t13-/m0/s1. The van der Waals surface area contributed by atoms with E-state index >= 15 is 0 Å². The van der Waals surface area contributed by atoms with Crippen molar-refractivity contribution in [2.45, 2.75) is 26.2 Å². The van der Waals surface area contributed by atoms with Crippen LogP contribution in [-0.4, -0.2) is 38.3 Å². The molecular weight excluding hydrogens is 332 g/mol. The maximum absolute atomic E-state index is 11.7. The summed E-state index contributed by atoms with van der Waals surface area (Å²) in [6.07, 6.45) is 0.694. The number of benzene rings is 1. The number of para-hydroxylation sites is 1. The van der Waals surface area contributed by atoms with Gasteiger partial charge < -0.3 is 4.74 Å². The van der Waals surface area contributed by atoms with Crippen LogP contribution in [0.15, 0.2) is 24.3 Å². The lowest BCUT2D eigenvalue weighted by atomic mass is 10.1. The molecule has 0 aromatic heterocycles. The molecule has 2 N–H and O–H groups in total. The lowest BCUT2D eigenvalue weighted by Gasteiger charge is -2.11. The molecule has 24 heavy (non-hydrogen) atoms. The van der Waals surface area contributed by atoms with Gasteiger partial charge in [-0.15, -0.1) is 0 Å². The summed E-state index contributed by atoms with van der Waals surface area (Å²) in [7, 11) is -3.00. The maximum Gasteiger partial charge on any atom is 0.241 e. The van der Waals surface area contributed by atoms with E-state index in [0.717, 1.165) is 11.3 Å². The molecule has 1 atom stereocenters. The minimum atomic E-state index is -3.00. The number of nitrogens with one attached hydrogen (secondary N) is 2. The third-order valence-electron chi connectivity index (χ3n) is 3.82. The Labute approximate surface area is 141 Å². The molecule has 1 aromatic carbocycles. The normalized spacial score (nSPS) is 18.8. The van der Waals surface area contributed by atoms with Crippen LogP contribution in [0.4, 0.5) is 0 Å². The largest absolute Gasteiger partial charge is 0.493 e. The average Bonchev–Trinajstić information content (AvgIpc) is 2.86. The summed E-state index contributed by atoms with van der Waals surface area (Å²) >= 11 is 0. The summed E-state index contributed by atoms with van der Waals surface area (Å²) in [5.41, 5.74) is 5.60. The first-order valence-corrected chi connectivity index (χ1v) is 9.64. The second-order valence-corrected chi connectivity index (χ2v) is 8.16. The number of carbonyl (C=O) groups is 2. The van der Waals surface area contributed by atoms with Crippen molar-refractivity contribution < 1.29 is 22.7 Å². The van der Waals surface area contributed by atoms with E-state index in [0.29, 0.717) is 6.42 Å². The number of amides is 2. The molecule has 1 heterocycles. The van der Waals surface area contributed by atoms with Gasteiger partial charge in [0.05, 0.1) is 24.5 Å². The number of ether oxygens (including phenoxy) is 1. The minimum Gasteiger partial charge on any atom is -0.493 e. The number of sulfone groups is 1. The van der Waals surface area contributed by atoms with Crippen molar-refractivity contribution in [3.05, 3.63) is 29.8 Å². The molecule has 0 radical (unpaired) electrons. The fourth-order valence-corrected chi connectivity index (χ4v) is 4.38. The first-order chi connectivity index (χ1) is 11.4. The monoisotopic (exact) mass is 354 g/mol. The summed E-state index contributed by atoms with van der Waals surface area (Å²) in [5, 5.41) is 0. The van der Waals surface area contributed by atoms with E-state index in [2.05, 4.69) is 10.9 Å². The number of aryl methyl sites for hydroxylation is 1. The summed E-state index contributed by atoms with van der Waals surface area (Å²) in [6, 6.07) is 7.50. The predicted molar refractivity (Wildman–Crippen MR) is 89.0 cm³/mol. The molecule has 7 nitrogen and oxygen atoms in total. The summed E-state index contributed by atoms with van der Waals surface area (Å²) in [6.45, 7) is 2.12. The number of carbonyl (C=O) groups excluding carboxylic acids is 2. The quantitative estimate of drug-likeness (QED) is 0.734. The fourth-order valence-electron chi connectivity index (χ4n) is 2.52. The molecule has 1 saturated heterocycles. The summed E-state index contributed by atoms with van der Waals surface area (Å²) in [5.74, 6) is -0.0269. The molecule has 1 aliphatic rings. The molecule has 0 bridgehead atoms. The Bertz CT molecular complexity index is 702. The van der Waals surface area contributed by atoms with Crippen LogP contribution in [0.3, 0.4) is 0 Å². The second kappa shape index (κ2) is 8.14. The molecule has 0 aliphatic carbocycles. The van der Waals surface area contributed by atoms with Gasteiger partial charge in [0.2, 0.25) is 11.8 Å². The van der Waals surface area contributed by atoms with Crippen LogP contribution in [0.1, 0.15) is 24.8 Å². The van der Waals surface area contributed by atoms with Crippen molar-refractivity contribution in [3.8, 4) is 5.75 Å². The fraction of sp³-hybridized carbons (Fsp3) is 0.500. The lowest BCUT2D eigenvalue weighted by molar-refractivity contribution is -0.129. The first-order valence-electron chi connectivity index (χ1n) is 7.82. The van der Waals surface area contributed by atoms with Gasteiger partial charge in [-0.05, 0) is 30.9 Å². The van der Waals surface area contributed by atoms with Crippen LogP contribution >= 0.6 is 0 Å². The first kappa shape index (κ1) is 18.3. The molecule has 0 spiro atoms. The smallest absolute Gasteiger partial charge is 0.241 e. The van der Waals surface area contributed by atoms with E-state index in [-0.39, 0.29) is 48.7 Å². The molecule has 1 aromatic rings. The van der Waals surface area contributed by atoms with Crippen molar-refractivity contribution in [1.82, 2.24) is 10.9 Å². The Morgan fingerprint density at radius 2 is 1.92 bits per heavy atom. The molecule has 2 rings (SSSR count). The van der Waals surface area contributed by atoms with Gasteiger partial charge in [-0.25, -0.2) is 8.42 Å². The van der Waals surface area contributed by atoms with Gasteiger partial charge >= 0.3 is 0 Å². The maximum atomic E-state index is 11.7. The van der Waals surface area contributed by atoms with Crippen molar-refractivity contribution in [3.63, 3.8) is 0 Å². The van der Waals surface area contributed by atoms with E-state index in [1.54, 1.807) is 0 Å². The van der Waals surface area contributed by atoms with Gasteiger partial charge in [0.25, 0.3) is 0 Å². The Balaban J connectivity index is 1.62. The van der Waals surface area contributed by atoms with Crippen LogP contribution in [0.25, 0.3) is 0 Å². The van der Waals surface area contributed by atoms with E-state index < -0.39 is 9.84 Å². The molecule has 132 valence electrons. The van der Waals surface area contributed by atoms with E-state index in [1.807, 2.05) is 31.2 Å². The van der Waals surface area contributed by atoms with Gasteiger partial charge in [-0.1, -0.05) is 18.2 Å². The Morgan fingerprint density at radius 1 is 1.21 bits per heavy atom. The Kier molecular flexibility index (Phi) is 6.19. The number of hydrazine groups is 1. The lowest BCUT2D eigenvalue weighted by Crippen LogP contribution is -2.42. The van der Waals surface area contributed by atoms with Crippen molar-refractivity contribution in [2.24, 2.45) is 5.92 Å². The summed E-state index contributed by atoms with van der Waals surface area (Å²) < 4.78 is 28.2. The van der Waals surface area contributed by atoms with Gasteiger partial charge in [0.15, 0.2) is 9.84 Å². The molecule has 8 heteroatoms. The van der Waals surface area contributed by atoms with Crippen LogP contribution in [0.2, 0.25) is 0 Å². The van der Waals surface area contributed by atoms with Crippen molar-refractivity contribution in [1.29, 1.82) is 0 Å². The Morgan fingerprint density at radius 3 is 2.58 bits per heavy atom. The zero-order valence-electron chi connectivity index (χ0n) is 13.6. The third kappa shape index (κ3) is 5.84. The number of hydrogen-bond donors (Lipinski definition) is 2. The van der Waals surface area contributed by atoms with Gasteiger partial charge in [0, 0.05) is 6.42 Å². The highest BCUT2D eigenvalue weighted by Gasteiger charge is 2.29. The Hall–Kier alpha value is -2.09. The van der Waals surface area contributed by atoms with Gasteiger partial charge in [0.1, 0.15) is 5.75 Å².